The van der Waals surface area contributed by atoms with Crippen molar-refractivity contribution < 1.29 is 4.74 Å². The molecule has 7 heteroatoms. The molecule has 0 radical (unpaired) electrons. The molecule has 1 heterocycles. The van der Waals surface area contributed by atoms with Crippen molar-refractivity contribution in [1.82, 2.24) is 15.5 Å². The van der Waals surface area contributed by atoms with Crippen LogP contribution in [0, 0.1) is 0 Å². The molecular weight excluding hydrogens is 463 g/mol. The lowest BCUT2D eigenvalue weighted by Gasteiger charge is -2.33. The summed E-state index contributed by atoms with van der Waals surface area (Å²) in [6, 6.07) is 8.03. The fraction of sp³-hybridized carbons (Fsp3) is 0.632. The second-order valence-electron chi connectivity index (χ2n) is 6.57. The Bertz CT molecular complexity index is 550. The molecular formula is C19H32ClIN4O. The van der Waals surface area contributed by atoms with Gasteiger partial charge in [-0.1, -0.05) is 30.7 Å². The Hall–Kier alpha value is -0.730. The molecule has 0 bridgehead atoms. The van der Waals surface area contributed by atoms with Crippen LogP contribution < -0.4 is 15.4 Å². The third-order valence-corrected chi connectivity index (χ3v) is 4.73. The molecule has 1 atom stereocenters. The summed E-state index contributed by atoms with van der Waals surface area (Å²) in [6.45, 7) is 8.45. The quantitative estimate of drug-likeness (QED) is 0.344. The maximum absolute atomic E-state index is 6.14. The standard InChI is InChI=1S/C19H31ClN4O.HI/c1-4-11-24-12-9-16(10-13-24)23-19(21-3)22-14-15(2)25-18-8-6-5-7-17(18)20;/h5-8,15-16H,4,9-14H2,1-3H3,(H2,21,22,23);1H. The van der Waals surface area contributed by atoms with E-state index in [2.05, 4.69) is 27.4 Å². The van der Waals surface area contributed by atoms with Crippen molar-refractivity contribution in [3.05, 3.63) is 29.3 Å². The summed E-state index contributed by atoms with van der Waals surface area (Å²) in [5.74, 6) is 1.55. The Morgan fingerprint density at radius 1 is 1.35 bits per heavy atom. The van der Waals surface area contributed by atoms with Crippen LogP contribution in [0.5, 0.6) is 5.75 Å². The summed E-state index contributed by atoms with van der Waals surface area (Å²) >= 11 is 6.14. The molecule has 1 aromatic rings. The van der Waals surface area contributed by atoms with Crippen molar-refractivity contribution in [2.75, 3.05) is 33.2 Å². The minimum Gasteiger partial charge on any atom is -0.487 e. The van der Waals surface area contributed by atoms with Gasteiger partial charge in [-0.3, -0.25) is 4.99 Å². The highest BCUT2D eigenvalue weighted by atomic mass is 127. The lowest BCUT2D eigenvalue weighted by molar-refractivity contribution is 0.205. The average Bonchev–Trinajstić information content (AvgIpc) is 2.62. The van der Waals surface area contributed by atoms with Crippen molar-refractivity contribution in [3.8, 4) is 5.75 Å². The van der Waals surface area contributed by atoms with Crippen molar-refractivity contribution in [3.63, 3.8) is 0 Å². The number of rotatable bonds is 7. The number of hydrogen-bond acceptors (Lipinski definition) is 3. The molecule has 0 aromatic heterocycles. The van der Waals surface area contributed by atoms with E-state index in [0.717, 1.165) is 31.9 Å². The SMILES string of the molecule is CCCN1CCC(NC(=NC)NCC(C)Oc2ccccc2Cl)CC1.I. The number of aliphatic imine (C=N–C) groups is 1. The summed E-state index contributed by atoms with van der Waals surface area (Å²) < 4.78 is 5.89. The van der Waals surface area contributed by atoms with Gasteiger partial charge in [0.05, 0.1) is 11.6 Å². The number of para-hydroxylation sites is 1. The van der Waals surface area contributed by atoms with Crippen LogP contribution >= 0.6 is 35.6 Å². The van der Waals surface area contributed by atoms with Crippen molar-refractivity contribution in [1.29, 1.82) is 0 Å². The van der Waals surface area contributed by atoms with Crippen molar-refractivity contribution >= 4 is 41.5 Å². The smallest absolute Gasteiger partial charge is 0.191 e. The molecule has 1 saturated heterocycles. The van der Waals surface area contributed by atoms with E-state index in [-0.39, 0.29) is 30.1 Å². The van der Waals surface area contributed by atoms with Gasteiger partial charge in [0.2, 0.25) is 0 Å². The second-order valence-corrected chi connectivity index (χ2v) is 6.98. The van der Waals surface area contributed by atoms with E-state index in [1.165, 1.54) is 13.0 Å². The monoisotopic (exact) mass is 494 g/mol. The van der Waals surface area contributed by atoms with Gasteiger partial charge in [-0.2, -0.15) is 0 Å². The van der Waals surface area contributed by atoms with E-state index in [1.54, 1.807) is 7.05 Å². The van der Waals surface area contributed by atoms with Crippen LogP contribution in [0.2, 0.25) is 5.02 Å². The fourth-order valence-electron chi connectivity index (χ4n) is 3.04. The maximum atomic E-state index is 6.14. The predicted molar refractivity (Wildman–Crippen MR) is 121 cm³/mol. The highest BCUT2D eigenvalue weighted by Gasteiger charge is 2.19. The predicted octanol–water partition coefficient (Wildman–Crippen LogP) is 3.76. The van der Waals surface area contributed by atoms with Gasteiger partial charge >= 0.3 is 0 Å². The molecule has 1 aliphatic rings. The summed E-state index contributed by atoms with van der Waals surface area (Å²) in [4.78, 5) is 6.87. The molecule has 2 N–H and O–H groups in total. The number of halogens is 2. The molecule has 26 heavy (non-hydrogen) atoms. The van der Waals surface area contributed by atoms with Gasteiger partial charge in [-0.15, -0.1) is 24.0 Å². The first-order valence-corrected chi connectivity index (χ1v) is 9.61. The normalized spacial score (nSPS) is 17.3. The number of likely N-dealkylation sites (tertiary alicyclic amines) is 1. The Morgan fingerprint density at radius 3 is 2.65 bits per heavy atom. The van der Waals surface area contributed by atoms with E-state index in [9.17, 15) is 0 Å². The van der Waals surface area contributed by atoms with E-state index in [1.807, 2.05) is 31.2 Å². The number of guanidine groups is 1. The fourth-order valence-corrected chi connectivity index (χ4v) is 3.22. The van der Waals surface area contributed by atoms with Crippen LogP contribution in [-0.4, -0.2) is 56.2 Å². The van der Waals surface area contributed by atoms with Crippen LogP contribution in [0.1, 0.15) is 33.1 Å². The third kappa shape index (κ3) is 7.88. The number of hydrogen-bond donors (Lipinski definition) is 2. The maximum Gasteiger partial charge on any atom is 0.191 e. The van der Waals surface area contributed by atoms with Crippen LogP contribution in [-0.2, 0) is 0 Å². The summed E-state index contributed by atoms with van der Waals surface area (Å²) in [5.41, 5.74) is 0. The Morgan fingerprint density at radius 2 is 2.04 bits per heavy atom. The number of nitrogens with zero attached hydrogens (tertiary/aromatic N) is 2. The number of ether oxygens (including phenoxy) is 1. The van der Waals surface area contributed by atoms with Crippen LogP contribution in [0.15, 0.2) is 29.3 Å². The van der Waals surface area contributed by atoms with Crippen molar-refractivity contribution in [2.45, 2.75) is 45.3 Å². The highest BCUT2D eigenvalue weighted by molar-refractivity contribution is 14.0. The second kappa shape index (κ2) is 12.6. The molecule has 5 nitrogen and oxygen atoms in total. The van der Waals surface area contributed by atoms with Gasteiger partial charge in [0.15, 0.2) is 5.96 Å². The largest absolute Gasteiger partial charge is 0.487 e. The lowest BCUT2D eigenvalue weighted by Crippen LogP contribution is -2.50. The molecule has 1 fully saturated rings. The van der Waals surface area contributed by atoms with Crippen LogP contribution in [0.25, 0.3) is 0 Å². The highest BCUT2D eigenvalue weighted by Crippen LogP contribution is 2.24. The third-order valence-electron chi connectivity index (χ3n) is 4.41. The lowest BCUT2D eigenvalue weighted by atomic mass is 10.1. The Labute approximate surface area is 179 Å². The first-order chi connectivity index (χ1) is 12.1. The molecule has 2 rings (SSSR count). The Balaban J connectivity index is 0.00000338. The van der Waals surface area contributed by atoms with Gasteiger partial charge in [-0.25, -0.2) is 0 Å². The molecule has 1 unspecified atom stereocenters. The van der Waals surface area contributed by atoms with Crippen LogP contribution in [0.4, 0.5) is 0 Å². The summed E-state index contributed by atoms with van der Waals surface area (Å²) in [7, 11) is 1.81. The van der Waals surface area contributed by atoms with Gasteiger partial charge < -0.3 is 20.3 Å². The summed E-state index contributed by atoms with van der Waals surface area (Å²) in [5, 5.41) is 7.51. The zero-order chi connectivity index (χ0) is 18.1. The topological polar surface area (TPSA) is 48.9 Å². The molecule has 0 saturated carbocycles. The van der Waals surface area contributed by atoms with Crippen LogP contribution in [0.3, 0.4) is 0 Å². The number of nitrogens with one attached hydrogen (secondary N) is 2. The molecule has 1 aliphatic heterocycles. The summed E-state index contributed by atoms with van der Waals surface area (Å²) in [6.07, 6.45) is 3.54. The zero-order valence-electron chi connectivity index (χ0n) is 16.0. The molecule has 0 aliphatic carbocycles. The first kappa shape index (κ1) is 23.3. The van der Waals surface area contributed by atoms with Gasteiger partial charge in [0.25, 0.3) is 0 Å². The minimum absolute atomic E-state index is 0. The van der Waals surface area contributed by atoms with E-state index in [0.29, 0.717) is 23.4 Å². The van der Waals surface area contributed by atoms with E-state index in [4.69, 9.17) is 16.3 Å². The van der Waals surface area contributed by atoms with Crippen molar-refractivity contribution in [2.24, 2.45) is 4.99 Å². The van der Waals surface area contributed by atoms with Gasteiger partial charge in [0.1, 0.15) is 11.9 Å². The first-order valence-electron chi connectivity index (χ1n) is 9.23. The molecule has 0 spiro atoms. The Kier molecular flexibility index (Phi) is 11.3. The number of benzene rings is 1. The van der Waals surface area contributed by atoms with Gasteiger partial charge in [0, 0.05) is 26.2 Å². The minimum atomic E-state index is -0.00940. The van der Waals surface area contributed by atoms with Gasteiger partial charge in [-0.05, 0) is 44.9 Å². The molecule has 0 amide bonds. The zero-order valence-corrected chi connectivity index (χ0v) is 19.1. The molecule has 148 valence electrons. The average molecular weight is 495 g/mol. The van der Waals surface area contributed by atoms with E-state index >= 15 is 0 Å². The molecule has 1 aromatic carbocycles. The number of piperidine rings is 1. The van der Waals surface area contributed by atoms with E-state index < -0.39 is 0 Å².